The second-order valence-electron chi connectivity index (χ2n) is 8.62. The van der Waals surface area contributed by atoms with Crippen LogP contribution < -0.4 is 0 Å². The summed E-state index contributed by atoms with van der Waals surface area (Å²) in [4.78, 5) is 5.35. The molecule has 4 aliphatic rings. The predicted molar refractivity (Wildman–Crippen MR) is 108 cm³/mol. The average Bonchev–Trinajstić information content (AvgIpc) is 3.31. The highest BCUT2D eigenvalue weighted by molar-refractivity contribution is 5.34. The van der Waals surface area contributed by atoms with Crippen molar-refractivity contribution in [1.82, 2.24) is 14.4 Å². The Morgan fingerprint density at radius 1 is 1.18 bits per heavy atom. The number of rotatable bonds is 4. The topological polar surface area (TPSA) is 55.4 Å². The maximum Gasteiger partial charge on any atom is 0.120 e. The molecule has 4 saturated heterocycles. The highest BCUT2D eigenvalue weighted by Crippen LogP contribution is 2.47. The Bertz CT molecular complexity index is 906. The van der Waals surface area contributed by atoms with E-state index in [4.69, 9.17) is 0 Å². The summed E-state index contributed by atoms with van der Waals surface area (Å²) in [6.07, 6.45) is 4.74. The van der Waals surface area contributed by atoms with Crippen molar-refractivity contribution in [3.63, 3.8) is 0 Å². The first-order valence-corrected chi connectivity index (χ1v) is 10.5. The van der Waals surface area contributed by atoms with E-state index >= 15 is 0 Å². The van der Waals surface area contributed by atoms with Gasteiger partial charge in [-0.15, -0.1) is 0 Å². The number of nitriles is 1. The van der Waals surface area contributed by atoms with Crippen molar-refractivity contribution in [3.05, 3.63) is 53.3 Å². The summed E-state index contributed by atoms with van der Waals surface area (Å²) in [7, 11) is 0. The lowest BCUT2D eigenvalue weighted by Gasteiger charge is -2.51. The molecule has 0 aliphatic carbocycles. The first-order valence-electron chi connectivity index (χ1n) is 10.5. The number of benzene rings is 1. The van der Waals surface area contributed by atoms with E-state index in [1.54, 1.807) is 6.07 Å². The van der Waals surface area contributed by atoms with Gasteiger partial charge in [0, 0.05) is 43.8 Å². The summed E-state index contributed by atoms with van der Waals surface area (Å²) >= 11 is 0. The minimum absolute atomic E-state index is 0.363. The van der Waals surface area contributed by atoms with Crippen LogP contribution in [-0.2, 0) is 13.1 Å². The Hall–Kier alpha value is -2.29. The molecule has 5 heterocycles. The molecule has 1 N–H and O–H groups in total. The largest absolute Gasteiger partial charge is 0.508 e. The van der Waals surface area contributed by atoms with Crippen LogP contribution in [0.2, 0.25) is 0 Å². The van der Waals surface area contributed by atoms with Crippen LogP contribution in [0.3, 0.4) is 0 Å². The SMILES string of the molecule is CCn1cc(CN2C[C@H](c3cccc(O)c3)[C@H]3[C@@H]2C2CCN3CC2)cc1C#N. The zero-order valence-electron chi connectivity index (χ0n) is 16.5. The number of aromatic nitrogens is 1. The van der Waals surface area contributed by atoms with Crippen molar-refractivity contribution in [1.29, 1.82) is 5.26 Å². The van der Waals surface area contributed by atoms with Crippen molar-refractivity contribution in [3.8, 4) is 11.8 Å². The van der Waals surface area contributed by atoms with Crippen molar-refractivity contribution in [2.45, 2.75) is 50.9 Å². The van der Waals surface area contributed by atoms with E-state index in [9.17, 15) is 10.4 Å². The fourth-order valence-corrected chi connectivity index (χ4v) is 6.02. The Labute approximate surface area is 166 Å². The molecule has 28 heavy (non-hydrogen) atoms. The summed E-state index contributed by atoms with van der Waals surface area (Å²) in [6, 6.07) is 13.4. The van der Waals surface area contributed by atoms with E-state index in [2.05, 4.69) is 41.1 Å². The lowest BCUT2D eigenvalue weighted by Crippen LogP contribution is -2.59. The number of phenols is 1. The molecule has 4 aliphatic heterocycles. The van der Waals surface area contributed by atoms with E-state index in [1.807, 2.05) is 16.7 Å². The molecular weight excluding hydrogens is 348 g/mol. The molecule has 0 amide bonds. The summed E-state index contributed by atoms with van der Waals surface area (Å²) < 4.78 is 2.05. The minimum Gasteiger partial charge on any atom is -0.508 e. The number of aryl methyl sites for hydroxylation is 1. The molecular formula is C23H28N4O. The van der Waals surface area contributed by atoms with Gasteiger partial charge in [0.15, 0.2) is 0 Å². The molecule has 2 bridgehead atoms. The molecule has 5 heteroatoms. The van der Waals surface area contributed by atoms with E-state index in [0.29, 0.717) is 23.8 Å². The number of aromatic hydroxyl groups is 1. The van der Waals surface area contributed by atoms with Crippen molar-refractivity contribution >= 4 is 0 Å². The Kier molecular flexibility index (Phi) is 4.41. The summed E-state index contributed by atoms with van der Waals surface area (Å²) in [5, 5.41) is 19.4. The van der Waals surface area contributed by atoms with E-state index in [1.165, 1.54) is 37.1 Å². The third kappa shape index (κ3) is 2.83. The molecule has 5 nitrogen and oxygen atoms in total. The zero-order valence-corrected chi connectivity index (χ0v) is 16.5. The number of phenolic OH excluding ortho intramolecular Hbond substituents is 1. The Morgan fingerprint density at radius 3 is 2.68 bits per heavy atom. The molecule has 1 aromatic carbocycles. The molecule has 0 saturated carbocycles. The first kappa shape index (κ1) is 17.8. The number of nitrogens with zero attached hydrogens (tertiary/aromatic N) is 4. The third-order valence-electron chi connectivity index (χ3n) is 7.19. The van der Waals surface area contributed by atoms with E-state index in [0.717, 1.165) is 31.2 Å². The second-order valence-corrected chi connectivity index (χ2v) is 8.62. The van der Waals surface area contributed by atoms with Crippen LogP contribution in [0.1, 0.15) is 42.5 Å². The third-order valence-corrected chi connectivity index (χ3v) is 7.19. The summed E-state index contributed by atoms with van der Waals surface area (Å²) in [5.74, 6) is 1.56. The lowest BCUT2D eigenvalue weighted by molar-refractivity contribution is -0.00869. The predicted octanol–water partition coefficient (Wildman–Crippen LogP) is 3.15. The van der Waals surface area contributed by atoms with Crippen LogP contribution in [0.5, 0.6) is 5.75 Å². The first-order chi connectivity index (χ1) is 13.7. The van der Waals surface area contributed by atoms with Gasteiger partial charge in [-0.05, 0) is 68.1 Å². The average molecular weight is 377 g/mol. The van der Waals surface area contributed by atoms with Gasteiger partial charge in [-0.1, -0.05) is 12.1 Å². The molecule has 3 atom stereocenters. The molecule has 146 valence electrons. The van der Waals surface area contributed by atoms with Gasteiger partial charge in [0.2, 0.25) is 0 Å². The number of likely N-dealkylation sites (tertiary alicyclic amines) is 1. The van der Waals surface area contributed by atoms with E-state index in [-0.39, 0.29) is 0 Å². The van der Waals surface area contributed by atoms with Gasteiger partial charge in [0.1, 0.15) is 17.5 Å². The standard InChI is InChI=1S/C23H28N4O/c1-2-25-13-16(10-19(25)12-24)14-27-15-21(18-4-3-5-20(28)11-18)23-22(27)17-6-8-26(23)9-7-17/h3-5,10-11,13,17,21-23,28H,2,6-9,14-15H2,1H3/t21-,22+,23+/m1/s1. The quantitative estimate of drug-likeness (QED) is 0.891. The number of fused-ring (bicyclic) bond motifs is 2. The maximum atomic E-state index is 10.0. The van der Waals surface area contributed by atoms with Crippen LogP contribution in [0, 0.1) is 17.2 Å². The fourth-order valence-electron chi connectivity index (χ4n) is 6.02. The van der Waals surface area contributed by atoms with Crippen LogP contribution in [0.25, 0.3) is 0 Å². The smallest absolute Gasteiger partial charge is 0.120 e. The molecule has 0 unspecified atom stereocenters. The number of hydrogen-bond donors (Lipinski definition) is 1. The summed E-state index contributed by atoms with van der Waals surface area (Å²) in [5.41, 5.74) is 3.26. The van der Waals surface area contributed by atoms with E-state index < -0.39 is 0 Å². The van der Waals surface area contributed by atoms with Crippen LogP contribution in [-0.4, -0.2) is 51.2 Å². The normalized spacial score (nSPS) is 31.6. The Balaban J connectivity index is 1.47. The van der Waals surface area contributed by atoms with Gasteiger partial charge in [-0.3, -0.25) is 9.80 Å². The number of hydrogen-bond acceptors (Lipinski definition) is 4. The van der Waals surface area contributed by atoms with Gasteiger partial charge in [0.25, 0.3) is 0 Å². The molecule has 2 aromatic rings. The van der Waals surface area contributed by atoms with Gasteiger partial charge >= 0.3 is 0 Å². The maximum absolute atomic E-state index is 10.0. The number of piperidine rings is 3. The fraction of sp³-hybridized carbons (Fsp3) is 0.522. The van der Waals surface area contributed by atoms with Crippen molar-refractivity contribution in [2.24, 2.45) is 5.92 Å². The van der Waals surface area contributed by atoms with Gasteiger partial charge in [-0.25, -0.2) is 0 Å². The van der Waals surface area contributed by atoms with Gasteiger partial charge in [0.05, 0.1) is 0 Å². The van der Waals surface area contributed by atoms with Crippen molar-refractivity contribution < 1.29 is 5.11 Å². The molecule has 6 rings (SSSR count). The summed E-state index contributed by atoms with van der Waals surface area (Å²) in [6.45, 7) is 7.26. The second kappa shape index (κ2) is 6.95. The molecule has 1 aromatic heterocycles. The Morgan fingerprint density at radius 2 is 2.00 bits per heavy atom. The highest BCUT2D eigenvalue weighted by Gasteiger charge is 2.53. The zero-order chi connectivity index (χ0) is 19.3. The molecule has 0 radical (unpaired) electrons. The monoisotopic (exact) mass is 376 g/mol. The minimum atomic E-state index is 0.363. The highest BCUT2D eigenvalue weighted by atomic mass is 16.3. The van der Waals surface area contributed by atoms with Crippen molar-refractivity contribution in [2.75, 3.05) is 19.6 Å². The molecule has 0 spiro atoms. The van der Waals surface area contributed by atoms with Gasteiger partial charge < -0.3 is 9.67 Å². The molecule has 4 fully saturated rings. The lowest BCUT2D eigenvalue weighted by atomic mass is 9.75. The van der Waals surface area contributed by atoms with Gasteiger partial charge in [-0.2, -0.15) is 5.26 Å². The van der Waals surface area contributed by atoms with Crippen LogP contribution in [0.4, 0.5) is 0 Å². The van der Waals surface area contributed by atoms with Crippen LogP contribution >= 0.6 is 0 Å². The van der Waals surface area contributed by atoms with Crippen LogP contribution in [0.15, 0.2) is 36.5 Å².